The molecule has 2 N–H and O–H groups in total. The topological polar surface area (TPSA) is 47.1 Å². The van der Waals surface area contributed by atoms with Crippen molar-refractivity contribution in [1.82, 2.24) is 14.7 Å². The van der Waals surface area contributed by atoms with Crippen LogP contribution in [0.5, 0.6) is 0 Å². The molecule has 23 heavy (non-hydrogen) atoms. The van der Waals surface area contributed by atoms with Crippen molar-refractivity contribution in [3.05, 3.63) is 41.6 Å². The van der Waals surface area contributed by atoms with Crippen molar-refractivity contribution >= 4 is 0 Å². The van der Waals surface area contributed by atoms with Crippen molar-refractivity contribution in [2.45, 2.75) is 32.7 Å². The number of aryl methyl sites for hydroxylation is 2. The van der Waals surface area contributed by atoms with Gasteiger partial charge in [-0.15, -0.1) is 0 Å². The van der Waals surface area contributed by atoms with E-state index in [1.54, 1.807) is 0 Å². The number of piperidine rings is 1. The largest absolute Gasteiger partial charge is 0.330 e. The summed E-state index contributed by atoms with van der Waals surface area (Å²) in [6.45, 7) is 6.35. The molecule has 1 aliphatic heterocycles. The summed E-state index contributed by atoms with van der Waals surface area (Å²) in [6.07, 6.45) is 5.65. The molecule has 0 spiro atoms. The van der Waals surface area contributed by atoms with E-state index in [1.807, 2.05) is 17.9 Å². The van der Waals surface area contributed by atoms with Gasteiger partial charge in [0.15, 0.2) is 0 Å². The van der Waals surface area contributed by atoms with Crippen LogP contribution in [0, 0.1) is 12.8 Å². The number of likely N-dealkylation sites (tertiary alicyclic amines) is 1. The lowest BCUT2D eigenvalue weighted by Gasteiger charge is -2.33. The fraction of sp³-hybridized carbons (Fsp3) is 0.526. The van der Waals surface area contributed by atoms with Crippen molar-refractivity contribution in [2.24, 2.45) is 18.7 Å². The fourth-order valence-electron chi connectivity index (χ4n) is 3.71. The Bertz CT molecular complexity index is 645. The van der Waals surface area contributed by atoms with Gasteiger partial charge < -0.3 is 5.73 Å². The average molecular weight is 312 g/mol. The zero-order valence-corrected chi connectivity index (χ0v) is 14.3. The highest BCUT2D eigenvalue weighted by atomic mass is 15.3. The highest BCUT2D eigenvalue weighted by molar-refractivity contribution is 5.64. The molecule has 2 aromatic rings. The number of hydrogen-bond acceptors (Lipinski definition) is 3. The van der Waals surface area contributed by atoms with Crippen LogP contribution in [-0.2, 0) is 13.6 Å². The van der Waals surface area contributed by atoms with E-state index in [0.717, 1.165) is 25.4 Å². The average Bonchev–Trinajstić information content (AvgIpc) is 2.96. The minimum Gasteiger partial charge on any atom is -0.330 e. The van der Waals surface area contributed by atoms with Crippen molar-refractivity contribution in [2.75, 3.05) is 19.6 Å². The van der Waals surface area contributed by atoms with E-state index >= 15 is 0 Å². The summed E-state index contributed by atoms with van der Waals surface area (Å²) in [6, 6.07) is 8.89. The second-order valence-electron chi connectivity index (χ2n) is 6.82. The molecule has 4 nitrogen and oxygen atoms in total. The van der Waals surface area contributed by atoms with Crippen LogP contribution >= 0.6 is 0 Å². The van der Waals surface area contributed by atoms with Crippen molar-refractivity contribution in [3.8, 4) is 11.3 Å². The molecule has 1 saturated heterocycles. The summed E-state index contributed by atoms with van der Waals surface area (Å²) in [4.78, 5) is 2.59. The molecule has 1 aromatic carbocycles. The molecule has 4 heteroatoms. The van der Waals surface area contributed by atoms with Gasteiger partial charge in [-0.3, -0.25) is 9.58 Å². The molecule has 1 unspecified atom stereocenters. The molecule has 0 saturated carbocycles. The van der Waals surface area contributed by atoms with Crippen LogP contribution in [0.15, 0.2) is 30.5 Å². The summed E-state index contributed by atoms with van der Waals surface area (Å²) >= 11 is 0. The van der Waals surface area contributed by atoms with Gasteiger partial charge in [0, 0.05) is 31.9 Å². The van der Waals surface area contributed by atoms with Gasteiger partial charge in [0.1, 0.15) is 0 Å². The monoisotopic (exact) mass is 312 g/mol. The maximum absolute atomic E-state index is 5.75. The van der Waals surface area contributed by atoms with Crippen LogP contribution in [0.25, 0.3) is 11.3 Å². The van der Waals surface area contributed by atoms with Crippen LogP contribution in [0.4, 0.5) is 0 Å². The van der Waals surface area contributed by atoms with Crippen LogP contribution in [0.3, 0.4) is 0 Å². The lowest BCUT2D eigenvalue weighted by Crippen LogP contribution is -2.35. The zero-order chi connectivity index (χ0) is 16.2. The fourth-order valence-corrected chi connectivity index (χ4v) is 3.71. The van der Waals surface area contributed by atoms with Gasteiger partial charge in [-0.05, 0) is 62.9 Å². The van der Waals surface area contributed by atoms with E-state index in [0.29, 0.717) is 0 Å². The van der Waals surface area contributed by atoms with Gasteiger partial charge in [0.05, 0.1) is 5.69 Å². The van der Waals surface area contributed by atoms with E-state index in [1.165, 1.54) is 48.3 Å². The molecule has 1 fully saturated rings. The summed E-state index contributed by atoms with van der Waals surface area (Å²) in [5, 5.41) is 4.34. The normalized spacial score (nSPS) is 19.2. The molecular weight excluding hydrogens is 284 g/mol. The standard InChI is InChI=1S/C19H28N4/c1-15-5-6-17(18(12-15)19-8-10-21-22(19)2)14-23-11-3-4-16(13-23)7-9-20/h5-6,8,10,12,16H,3-4,7,9,11,13-14,20H2,1-2H3. The molecule has 1 aromatic heterocycles. The molecular formula is C19H28N4. The lowest BCUT2D eigenvalue weighted by atomic mass is 9.93. The highest BCUT2D eigenvalue weighted by Crippen LogP contribution is 2.27. The molecule has 124 valence electrons. The minimum absolute atomic E-state index is 0.763. The zero-order valence-electron chi connectivity index (χ0n) is 14.3. The number of nitrogens with zero attached hydrogens (tertiary/aromatic N) is 3. The van der Waals surface area contributed by atoms with Crippen LogP contribution in [-0.4, -0.2) is 34.3 Å². The van der Waals surface area contributed by atoms with Crippen molar-refractivity contribution in [1.29, 1.82) is 0 Å². The lowest BCUT2D eigenvalue weighted by molar-refractivity contribution is 0.163. The molecule has 3 rings (SSSR count). The smallest absolute Gasteiger partial charge is 0.0682 e. The quantitative estimate of drug-likeness (QED) is 0.923. The Morgan fingerprint density at radius 3 is 2.91 bits per heavy atom. The van der Waals surface area contributed by atoms with Crippen LogP contribution in [0.2, 0.25) is 0 Å². The summed E-state index contributed by atoms with van der Waals surface area (Å²) in [5.74, 6) is 0.763. The highest BCUT2D eigenvalue weighted by Gasteiger charge is 2.20. The van der Waals surface area contributed by atoms with Gasteiger partial charge in [0.25, 0.3) is 0 Å². The maximum atomic E-state index is 5.75. The predicted octanol–water partition coefficient (Wildman–Crippen LogP) is 2.96. The first-order valence-corrected chi connectivity index (χ1v) is 8.67. The molecule has 0 amide bonds. The predicted molar refractivity (Wildman–Crippen MR) is 95.1 cm³/mol. The molecule has 1 atom stereocenters. The first-order valence-electron chi connectivity index (χ1n) is 8.67. The van der Waals surface area contributed by atoms with Crippen molar-refractivity contribution in [3.63, 3.8) is 0 Å². The Morgan fingerprint density at radius 2 is 2.17 bits per heavy atom. The third-order valence-electron chi connectivity index (χ3n) is 4.93. The Labute approximate surface area is 139 Å². The molecule has 2 heterocycles. The molecule has 1 aliphatic rings. The van der Waals surface area contributed by atoms with E-state index in [2.05, 4.69) is 41.2 Å². The van der Waals surface area contributed by atoms with Crippen LogP contribution in [0.1, 0.15) is 30.4 Å². The minimum atomic E-state index is 0.763. The Hall–Kier alpha value is -1.65. The van der Waals surface area contributed by atoms with Gasteiger partial charge in [-0.25, -0.2) is 0 Å². The third-order valence-corrected chi connectivity index (χ3v) is 4.93. The number of nitrogens with two attached hydrogens (primary N) is 1. The van der Waals surface area contributed by atoms with E-state index < -0.39 is 0 Å². The Morgan fingerprint density at radius 1 is 1.30 bits per heavy atom. The van der Waals surface area contributed by atoms with Gasteiger partial charge >= 0.3 is 0 Å². The van der Waals surface area contributed by atoms with Gasteiger partial charge in [-0.1, -0.05) is 17.7 Å². The second-order valence-corrected chi connectivity index (χ2v) is 6.82. The summed E-state index contributed by atoms with van der Waals surface area (Å²) in [7, 11) is 2.01. The number of benzene rings is 1. The third kappa shape index (κ3) is 3.82. The second kappa shape index (κ2) is 7.28. The summed E-state index contributed by atoms with van der Waals surface area (Å²) in [5.41, 5.74) is 10.9. The van der Waals surface area contributed by atoms with Gasteiger partial charge in [-0.2, -0.15) is 5.10 Å². The molecule has 0 bridgehead atoms. The number of hydrogen-bond donors (Lipinski definition) is 1. The Balaban J connectivity index is 1.81. The van der Waals surface area contributed by atoms with Crippen molar-refractivity contribution < 1.29 is 0 Å². The first kappa shape index (κ1) is 16.2. The SMILES string of the molecule is Cc1ccc(CN2CCCC(CCN)C2)c(-c2ccnn2C)c1. The van der Waals surface area contributed by atoms with E-state index in [-0.39, 0.29) is 0 Å². The molecule has 0 aliphatic carbocycles. The van der Waals surface area contributed by atoms with E-state index in [4.69, 9.17) is 5.73 Å². The first-order chi connectivity index (χ1) is 11.2. The van der Waals surface area contributed by atoms with Gasteiger partial charge in [0.2, 0.25) is 0 Å². The van der Waals surface area contributed by atoms with E-state index in [9.17, 15) is 0 Å². The Kier molecular flexibility index (Phi) is 5.13. The maximum Gasteiger partial charge on any atom is 0.0682 e. The number of aromatic nitrogens is 2. The number of rotatable bonds is 5. The van der Waals surface area contributed by atoms with Crippen LogP contribution < -0.4 is 5.73 Å². The summed E-state index contributed by atoms with van der Waals surface area (Å²) < 4.78 is 1.96. The molecule has 0 radical (unpaired) electrons.